The highest BCUT2D eigenvalue weighted by atomic mass is 19.3. The molecular formula is C6H8F4. The van der Waals surface area contributed by atoms with Gasteiger partial charge in [0, 0.05) is 11.8 Å². The van der Waals surface area contributed by atoms with Crippen LogP contribution in [0.4, 0.5) is 17.6 Å². The normalized spacial score (nSPS) is 42.6. The van der Waals surface area contributed by atoms with Crippen molar-refractivity contribution in [3.05, 3.63) is 0 Å². The number of hydrogen-bond acceptors (Lipinski definition) is 0. The third-order valence-electron chi connectivity index (χ3n) is 2.34. The quantitative estimate of drug-likeness (QED) is 0.473. The molecule has 0 bridgehead atoms. The smallest absolute Gasteiger partial charge is 0.200 e. The Labute approximate surface area is 56.2 Å². The van der Waals surface area contributed by atoms with Crippen molar-refractivity contribution >= 4 is 0 Å². The molecule has 0 N–H and O–H groups in total. The lowest BCUT2D eigenvalue weighted by Gasteiger charge is -2.47. The molecule has 1 aliphatic carbocycles. The van der Waals surface area contributed by atoms with Gasteiger partial charge < -0.3 is 0 Å². The van der Waals surface area contributed by atoms with Crippen LogP contribution in [-0.2, 0) is 0 Å². The van der Waals surface area contributed by atoms with Gasteiger partial charge in [-0.25, -0.2) is 0 Å². The summed E-state index contributed by atoms with van der Waals surface area (Å²) in [4.78, 5) is 0. The van der Waals surface area contributed by atoms with Gasteiger partial charge in [0.1, 0.15) is 0 Å². The third kappa shape index (κ3) is 0.571. The molecule has 0 aromatic carbocycles. The van der Waals surface area contributed by atoms with Crippen molar-refractivity contribution in [3.63, 3.8) is 0 Å². The Morgan fingerprint density at radius 3 is 1.10 bits per heavy atom. The summed E-state index contributed by atoms with van der Waals surface area (Å²) in [6, 6.07) is 0. The van der Waals surface area contributed by atoms with Crippen molar-refractivity contribution in [3.8, 4) is 0 Å². The van der Waals surface area contributed by atoms with Crippen LogP contribution in [0, 0.1) is 11.8 Å². The summed E-state index contributed by atoms with van der Waals surface area (Å²) >= 11 is 0. The lowest BCUT2D eigenvalue weighted by Crippen LogP contribution is -2.64. The first-order valence-corrected chi connectivity index (χ1v) is 3.07. The van der Waals surface area contributed by atoms with Crippen LogP contribution in [0.25, 0.3) is 0 Å². The van der Waals surface area contributed by atoms with Gasteiger partial charge in [0.2, 0.25) is 0 Å². The van der Waals surface area contributed by atoms with E-state index in [1.807, 2.05) is 0 Å². The maximum absolute atomic E-state index is 12.2. The largest absolute Gasteiger partial charge is 0.313 e. The second kappa shape index (κ2) is 1.66. The van der Waals surface area contributed by atoms with Crippen molar-refractivity contribution in [2.75, 3.05) is 0 Å². The minimum Gasteiger partial charge on any atom is -0.200 e. The lowest BCUT2D eigenvalue weighted by molar-refractivity contribution is -0.344. The van der Waals surface area contributed by atoms with Crippen LogP contribution in [0.1, 0.15) is 13.8 Å². The minimum absolute atomic E-state index is 1.14. The molecule has 4 heteroatoms. The van der Waals surface area contributed by atoms with Crippen molar-refractivity contribution < 1.29 is 17.6 Å². The van der Waals surface area contributed by atoms with E-state index in [0.717, 1.165) is 13.8 Å². The van der Waals surface area contributed by atoms with E-state index in [4.69, 9.17) is 0 Å². The van der Waals surface area contributed by atoms with Gasteiger partial charge in [-0.2, -0.15) is 17.6 Å². The summed E-state index contributed by atoms with van der Waals surface area (Å²) in [6.45, 7) is 2.28. The minimum atomic E-state index is -3.79. The van der Waals surface area contributed by atoms with E-state index in [1.54, 1.807) is 0 Å². The second-order valence-electron chi connectivity index (χ2n) is 2.82. The Morgan fingerprint density at radius 2 is 1.00 bits per heavy atom. The summed E-state index contributed by atoms with van der Waals surface area (Å²) in [5.74, 6) is -9.95. The predicted molar refractivity (Wildman–Crippen MR) is 28.2 cm³/mol. The molecule has 0 radical (unpaired) electrons. The molecule has 1 aliphatic rings. The Morgan fingerprint density at radius 1 is 0.800 bits per heavy atom. The molecule has 1 saturated carbocycles. The van der Waals surface area contributed by atoms with Crippen LogP contribution in [-0.4, -0.2) is 11.8 Å². The van der Waals surface area contributed by atoms with Gasteiger partial charge in [0.05, 0.1) is 0 Å². The van der Waals surface area contributed by atoms with Gasteiger partial charge in [-0.15, -0.1) is 0 Å². The van der Waals surface area contributed by atoms with E-state index in [1.165, 1.54) is 0 Å². The SMILES string of the molecule is C[C@@H]1[C@H](C)C(F)(F)C1(F)F. The molecular weight excluding hydrogens is 148 g/mol. The third-order valence-corrected chi connectivity index (χ3v) is 2.34. The van der Waals surface area contributed by atoms with E-state index in [9.17, 15) is 17.6 Å². The summed E-state index contributed by atoms with van der Waals surface area (Å²) in [6.07, 6.45) is 0. The summed E-state index contributed by atoms with van der Waals surface area (Å²) in [5, 5.41) is 0. The molecule has 10 heavy (non-hydrogen) atoms. The van der Waals surface area contributed by atoms with Gasteiger partial charge in [-0.3, -0.25) is 0 Å². The highest BCUT2D eigenvalue weighted by Crippen LogP contribution is 2.58. The van der Waals surface area contributed by atoms with E-state index < -0.39 is 23.7 Å². The van der Waals surface area contributed by atoms with Gasteiger partial charge in [0.15, 0.2) is 0 Å². The summed E-state index contributed by atoms with van der Waals surface area (Å²) in [7, 11) is 0. The van der Waals surface area contributed by atoms with Gasteiger partial charge >= 0.3 is 11.8 Å². The fraction of sp³-hybridized carbons (Fsp3) is 1.00. The lowest BCUT2D eigenvalue weighted by atomic mass is 9.68. The molecule has 0 amide bonds. The number of alkyl halides is 4. The average Bonchev–Trinajstić information content (AvgIpc) is 1.84. The fourth-order valence-corrected chi connectivity index (χ4v) is 1.14. The summed E-state index contributed by atoms with van der Waals surface area (Å²) < 4.78 is 48.8. The van der Waals surface area contributed by atoms with E-state index >= 15 is 0 Å². The molecule has 1 fully saturated rings. The fourth-order valence-electron chi connectivity index (χ4n) is 1.14. The van der Waals surface area contributed by atoms with Crippen molar-refractivity contribution in [1.82, 2.24) is 0 Å². The Bertz CT molecular complexity index is 134. The van der Waals surface area contributed by atoms with Gasteiger partial charge in [-0.1, -0.05) is 13.8 Å². The van der Waals surface area contributed by atoms with Crippen molar-refractivity contribution in [2.45, 2.75) is 25.7 Å². The molecule has 1 rings (SSSR count). The first-order chi connectivity index (χ1) is 4.32. The first-order valence-electron chi connectivity index (χ1n) is 3.07. The van der Waals surface area contributed by atoms with Crippen LogP contribution >= 0.6 is 0 Å². The van der Waals surface area contributed by atoms with Gasteiger partial charge in [-0.05, 0) is 0 Å². The highest BCUT2D eigenvalue weighted by molar-refractivity contribution is 5.06. The Balaban J connectivity index is 2.82. The van der Waals surface area contributed by atoms with Crippen LogP contribution in [0.15, 0.2) is 0 Å². The number of hydrogen-bond donors (Lipinski definition) is 0. The zero-order valence-corrected chi connectivity index (χ0v) is 5.67. The zero-order valence-electron chi connectivity index (χ0n) is 5.67. The van der Waals surface area contributed by atoms with Crippen LogP contribution in [0.3, 0.4) is 0 Å². The zero-order chi connectivity index (χ0) is 8.15. The molecule has 0 aromatic heterocycles. The Hall–Kier alpha value is -0.280. The molecule has 2 atom stereocenters. The van der Waals surface area contributed by atoms with Crippen LogP contribution in [0.5, 0.6) is 0 Å². The molecule has 0 spiro atoms. The van der Waals surface area contributed by atoms with Crippen molar-refractivity contribution in [1.29, 1.82) is 0 Å². The average molecular weight is 156 g/mol. The molecule has 0 heterocycles. The molecule has 0 nitrogen and oxygen atoms in total. The predicted octanol–water partition coefficient (Wildman–Crippen LogP) is 2.54. The van der Waals surface area contributed by atoms with Gasteiger partial charge in [0.25, 0.3) is 0 Å². The number of rotatable bonds is 0. The molecule has 0 aliphatic heterocycles. The monoisotopic (exact) mass is 156 g/mol. The maximum Gasteiger partial charge on any atom is 0.313 e. The maximum atomic E-state index is 12.2. The van der Waals surface area contributed by atoms with Crippen LogP contribution in [0.2, 0.25) is 0 Å². The Kier molecular flexibility index (Phi) is 1.29. The first kappa shape index (κ1) is 7.82. The van der Waals surface area contributed by atoms with Crippen molar-refractivity contribution in [2.24, 2.45) is 11.8 Å². The molecule has 0 unspecified atom stereocenters. The second-order valence-corrected chi connectivity index (χ2v) is 2.82. The summed E-state index contributed by atoms with van der Waals surface area (Å²) in [5.41, 5.74) is 0. The number of halogens is 4. The standard InChI is InChI=1S/C6H8F4/c1-3-4(2)6(9,10)5(3,7)8/h3-4H,1-2H3/t3-,4+. The van der Waals surface area contributed by atoms with E-state index in [-0.39, 0.29) is 0 Å². The van der Waals surface area contributed by atoms with Crippen LogP contribution < -0.4 is 0 Å². The molecule has 0 aromatic rings. The highest BCUT2D eigenvalue weighted by Gasteiger charge is 2.74. The van der Waals surface area contributed by atoms with E-state index in [2.05, 4.69) is 0 Å². The molecule has 0 saturated heterocycles. The van der Waals surface area contributed by atoms with E-state index in [0.29, 0.717) is 0 Å². The topological polar surface area (TPSA) is 0 Å². The molecule has 60 valence electrons.